The fourth-order valence-electron chi connectivity index (χ4n) is 2.53. The summed E-state index contributed by atoms with van der Waals surface area (Å²) in [5.41, 5.74) is 1.38. The first-order valence-electron chi connectivity index (χ1n) is 7.08. The maximum Gasteiger partial charge on any atom is 0.225 e. The number of anilines is 1. The van der Waals surface area contributed by atoms with Crippen LogP contribution in [0.15, 0.2) is 5.38 Å². The van der Waals surface area contributed by atoms with E-state index in [1.165, 1.54) is 25.7 Å². The molecule has 1 N–H and O–H groups in total. The molecule has 0 aliphatic heterocycles. The van der Waals surface area contributed by atoms with E-state index in [0.29, 0.717) is 12.1 Å². The Kier molecular flexibility index (Phi) is 4.58. The third kappa shape index (κ3) is 3.15. The van der Waals surface area contributed by atoms with E-state index in [0.717, 1.165) is 17.4 Å². The third-order valence-corrected chi connectivity index (χ3v) is 5.01. The van der Waals surface area contributed by atoms with Crippen LogP contribution in [0.25, 0.3) is 0 Å². The maximum atomic E-state index is 11.5. The van der Waals surface area contributed by atoms with Crippen molar-refractivity contribution in [3.05, 3.63) is 11.1 Å². The lowest BCUT2D eigenvalue weighted by Crippen LogP contribution is -2.49. The van der Waals surface area contributed by atoms with Gasteiger partial charge < -0.3 is 5.32 Å². The van der Waals surface area contributed by atoms with Gasteiger partial charge in [-0.15, -0.1) is 11.3 Å². The highest BCUT2D eigenvalue weighted by atomic mass is 32.1. The van der Waals surface area contributed by atoms with Gasteiger partial charge in [0, 0.05) is 30.9 Å². The normalized spacial score (nSPS) is 17.0. The van der Waals surface area contributed by atoms with Crippen LogP contribution in [0.2, 0.25) is 0 Å². The molecule has 1 aliphatic carbocycles. The summed E-state index contributed by atoms with van der Waals surface area (Å²) in [4.78, 5) is 17.8. The van der Waals surface area contributed by atoms with E-state index >= 15 is 0 Å². The van der Waals surface area contributed by atoms with Crippen molar-refractivity contribution in [1.82, 2.24) is 10.3 Å². The predicted octanol–water partition coefficient (Wildman–Crippen LogP) is 2.94. The lowest BCUT2D eigenvalue weighted by Gasteiger charge is -2.42. The molecule has 0 bridgehead atoms. The lowest BCUT2D eigenvalue weighted by molar-refractivity contribution is -0.116. The molecule has 1 aliphatic rings. The second kappa shape index (κ2) is 6.01. The number of nitrogens with one attached hydrogen (secondary N) is 1. The molecule has 2 rings (SSSR count). The molecule has 19 heavy (non-hydrogen) atoms. The van der Waals surface area contributed by atoms with Gasteiger partial charge in [-0.2, -0.15) is 0 Å². The minimum absolute atomic E-state index is 0.0559. The standard InChI is InChI=1S/C14H23N3OS/c1-4-14(7-6-8-14)15-9-12-10-19-13(16-12)17(5-2)11(3)18/h10,15H,4-9H2,1-3H3. The smallest absolute Gasteiger partial charge is 0.225 e. The van der Waals surface area contributed by atoms with Gasteiger partial charge in [0.2, 0.25) is 5.91 Å². The molecule has 0 atom stereocenters. The molecule has 1 aromatic rings. The molecule has 5 heteroatoms. The molecule has 1 aromatic heterocycles. The molecule has 0 radical (unpaired) electrons. The summed E-state index contributed by atoms with van der Waals surface area (Å²) >= 11 is 1.55. The zero-order valence-electron chi connectivity index (χ0n) is 12.0. The molecular weight excluding hydrogens is 258 g/mol. The van der Waals surface area contributed by atoms with Crippen LogP contribution >= 0.6 is 11.3 Å². The van der Waals surface area contributed by atoms with Gasteiger partial charge in [-0.1, -0.05) is 6.92 Å². The van der Waals surface area contributed by atoms with Crippen LogP contribution in [-0.4, -0.2) is 23.0 Å². The van der Waals surface area contributed by atoms with Crippen LogP contribution in [-0.2, 0) is 11.3 Å². The van der Waals surface area contributed by atoms with Gasteiger partial charge in [0.25, 0.3) is 0 Å². The van der Waals surface area contributed by atoms with E-state index in [-0.39, 0.29) is 5.91 Å². The van der Waals surface area contributed by atoms with Crippen molar-refractivity contribution in [1.29, 1.82) is 0 Å². The van der Waals surface area contributed by atoms with Crippen LogP contribution in [0.1, 0.15) is 52.1 Å². The fraction of sp³-hybridized carbons (Fsp3) is 0.714. The quantitative estimate of drug-likeness (QED) is 0.872. The summed E-state index contributed by atoms with van der Waals surface area (Å²) in [7, 11) is 0. The van der Waals surface area contributed by atoms with Crippen molar-refractivity contribution in [2.75, 3.05) is 11.4 Å². The van der Waals surface area contributed by atoms with Gasteiger partial charge in [0.1, 0.15) is 0 Å². The molecule has 1 saturated carbocycles. The van der Waals surface area contributed by atoms with E-state index in [1.807, 2.05) is 6.92 Å². The Morgan fingerprint density at radius 2 is 2.26 bits per heavy atom. The number of aromatic nitrogens is 1. The van der Waals surface area contributed by atoms with E-state index in [4.69, 9.17) is 0 Å². The molecule has 1 fully saturated rings. The molecule has 0 aromatic carbocycles. The van der Waals surface area contributed by atoms with Crippen molar-refractivity contribution in [2.45, 2.75) is 58.5 Å². The average molecular weight is 281 g/mol. The topological polar surface area (TPSA) is 45.2 Å². The van der Waals surface area contributed by atoms with Crippen molar-refractivity contribution in [2.24, 2.45) is 0 Å². The van der Waals surface area contributed by atoms with Crippen LogP contribution < -0.4 is 10.2 Å². The number of rotatable bonds is 6. The SMILES string of the molecule is CCN(C(C)=O)c1nc(CNC2(CC)CCC2)cs1. The molecule has 4 nitrogen and oxygen atoms in total. The maximum absolute atomic E-state index is 11.5. The molecular formula is C14H23N3OS. The largest absolute Gasteiger partial charge is 0.306 e. The second-order valence-electron chi connectivity index (χ2n) is 5.23. The van der Waals surface area contributed by atoms with Gasteiger partial charge in [0.05, 0.1) is 5.69 Å². The van der Waals surface area contributed by atoms with Gasteiger partial charge >= 0.3 is 0 Å². The molecule has 0 spiro atoms. The highest BCUT2D eigenvalue weighted by Crippen LogP contribution is 2.35. The van der Waals surface area contributed by atoms with Gasteiger partial charge in [-0.3, -0.25) is 9.69 Å². The van der Waals surface area contributed by atoms with E-state index in [9.17, 15) is 4.79 Å². The summed E-state index contributed by atoms with van der Waals surface area (Å²) < 4.78 is 0. The highest BCUT2D eigenvalue weighted by Gasteiger charge is 2.34. The van der Waals surface area contributed by atoms with Crippen LogP contribution in [0.4, 0.5) is 5.13 Å². The third-order valence-electron chi connectivity index (χ3n) is 4.10. The fourth-order valence-corrected chi connectivity index (χ4v) is 3.46. The molecule has 106 valence electrons. The van der Waals surface area contributed by atoms with Crippen molar-refractivity contribution >= 4 is 22.4 Å². The van der Waals surface area contributed by atoms with Crippen molar-refractivity contribution in [3.8, 4) is 0 Å². The zero-order valence-corrected chi connectivity index (χ0v) is 12.8. The number of thiazole rings is 1. The van der Waals surface area contributed by atoms with Crippen LogP contribution in [0, 0.1) is 0 Å². The van der Waals surface area contributed by atoms with E-state index in [2.05, 4.69) is 22.6 Å². The number of nitrogens with zero attached hydrogens (tertiary/aromatic N) is 2. The lowest BCUT2D eigenvalue weighted by atomic mass is 9.75. The summed E-state index contributed by atoms with van der Waals surface area (Å²) in [6.45, 7) is 7.28. The van der Waals surface area contributed by atoms with Crippen molar-refractivity contribution in [3.63, 3.8) is 0 Å². The Labute approximate surface area is 119 Å². The average Bonchev–Trinajstić information content (AvgIpc) is 2.77. The highest BCUT2D eigenvalue weighted by molar-refractivity contribution is 7.14. The number of amides is 1. The Hall–Kier alpha value is -0.940. The Bertz CT molecular complexity index is 434. The van der Waals surface area contributed by atoms with Gasteiger partial charge in [0.15, 0.2) is 5.13 Å². The number of carbonyl (C=O) groups excluding carboxylic acids is 1. The van der Waals surface area contributed by atoms with Gasteiger partial charge in [-0.05, 0) is 32.6 Å². The molecule has 1 amide bonds. The first-order chi connectivity index (χ1) is 9.10. The zero-order chi connectivity index (χ0) is 13.9. The van der Waals surface area contributed by atoms with Crippen LogP contribution in [0.5, 0.6) is 0 Å². The van der Waals surface area contributed by atoms with E-state index in [1.54, 1.807) is 23.2 Å². The number of hydrogen-bond donors (Lipinski definition) is 1. The molecule has 0 unspecified atom stereocenters. The first kappa shape index (κ1) is 14.5. The Morgan fingerprint density at radius 3 is 2.74 bits per heavy atom. The predicted molar refractivity (Wildman–Crippen MR) is 79.5 cm³/mol. The summed E-state index contributed by atoms with van der Waals surface area (Å²) in [5.74, 6) is 0.0559. The molecule has 0 saturated heterocycles. The Balaban J connectivity index is 1.95. The summed E-state index contributed by atoms with van der Waals surface area (Å²) in [6, 6.07) is 0. The van der Waals surface area contributed by atoms with Gasteiger partial charge in [-0.25, -0.2) is 4.98 Å². The Morgan fingerprint density at radius 1 is 1.53 bits per heavy atom. The van der Waals surface area contributed by atoms with E-state index < -0.39 is 0 Å². The monoisotopic (exact) mass is 281 g/mol. The number of hydrogen-bond acceptors (Lipinski definition) is 4. The minimum Gasteiger partial charge on any atom is -0.306 e. The summed E-state index contributed by atoms with van der Waals surface area (Å²) in [5, 5.41) is 6.50. The van der Waals surface area contributed by atoms with Crippen molar-refractivity contribution < 1.29 is 4.79 Å². The second-order valence-corrected chi connectivity index (χ2v) is 6.06. The first-order valence-corrected chi connectivity index (χ1v) is 7.95. The summed E-state index contributed by atoms with van der Waals surface area (Å²) in [6.07, 6.45) is 5.06. The number of carbonyl (C=O) groups is 1. The van der Waals surface area contributed by atoms with Crippen LogP contribution in [0.3, 0.4) is 0 Å². The minimum atomic E-state index is 0.0559. The molecule has 1 heterocycles.